The highest BCUT2D eigenvalue weighted by molar-refractivity contribution is 5.38. The number of alkyl halides is 3. The maximum Gasteiger partial charge on any atom is 0.416 e. The molecule has 1 heterocycles. The van der Waals surface area contributed by atoms with Crippen LogP contribution in [0.15, 0.2) is 54.6 Å². The number of aromatic nitrogens is 4. The third-order valence-corrected chi connectivity index (χ3v) is 2.81. The smallest absolute Gasteiger partial charge is 0.416 e. The molecule has 0 unspecified atom stereocenters. The number of hydrogen-bond donors (Lipinski definition) is 0. The second-order valence-electron chi connectivity index (χ2n) is 4.34. The highest BCUT2D eigenvalue weighted by atomic mass is 19.4. The minimum atomic E-state index is -4.44. The van der Waals surface area contributed by atoms with E-state index in [1.165, 1.54) is 12.1 Å². The largest absolute Gasteiger partial charge is 0.423 e. The molecule has 0 saturated carbocycles. The highest BCUT2D eigenvalue weighted by Crippen LogP contribution is 2.31. The Kier molecular flexibility index (Phi) is 3.50. The van der Waals surface area contributed by atoms with Crippen molar-refractivity contribution in [3.8, 4) is 17.4 Å². The van der Waals surface area contributed by atoms with Crippen LogP contribution in [-0.4, -0.2) is 20.2 Å². The van der Waals surface area contributed by atoms with E-state index in [2.05, 4.69) is 15.5 Å². The number of tetrazole rings is 1. The highest BCUT2D eigenvalue weighted by Gasteiger charge is 2.30. The number of rotatable bonds is 3. The van der Waals surface area contributed by atoms with E-state index in [4.69, 9.17) is 4.74 Å². The Morgan fingerprint density at radius 1 is 1.14 bits per heavy atom. The van der Waals surface area contributed by atoms with Crippen LogP contribution >= 0.6 is 0 Å². The minimum Gasteiger partial charge on any atom is -0.423 e. The summed E-state index contributed by atoms with van der Waals surface area (Å²) in [4.78, 5) is 0. The summed E-state index contributed by atoms with van der Waals surface area (Å²) < 4.78 is 44.9. The number of benzene rings is 2. The molecule has 3 aromatic rings. The SMILES string of the molecule is FC(F)(F)c1cccc(-n2nnnc2O[14c]2[14cH][14cH][14cH][14cH][14cH]2)c1. The lowest BCUT2D eigenvalue weighted by Gasteiger charge is -2.09. The molecule has 0 spiro atoms. The van der Waals surface area contributed by atoms with Gasteiger partial charge in [0.05, 0.1) is 11.3 Å². The van der Waals surface area contributed by atoms with Crippen molar-refractivity contribution in [3.05, 3.63) is 60.2 Å². The summed E-state index contributed by atoms with van der Waals surface area (Å²) in [5, 5.41) is 10.8. The van der Waals surface area contributed by atoms with Gasteiger partial charge in [0.15, 0.2) is 0 Å². The first kappa shape index (κ1) is 14.1. The predicted molar refractivity (Wildman–Crippen MR) is 70.7 cm³/mol. The fourth-order valence-electron chi connectivity index (χ4n) is 1.81. The van der Waals surface area contributed by atoms with Crippen molar-refractivity contribution >= 4 is 0 Å². The van der Waals surface area contributed by atoms with Gasteiger partial charge in [-0.05, 0) is 40.8 Å². The normalized spacial score (nSPS) is 11.4. The topological polar surface area (TPSA) is 52.8 Å². The van der Waals surface area contributed by atoms with Crippen molar-refractivity contribution < 1.29 is 17.9 Å². The van der Waals surface area contributed by atoms with Gasteiger partial charge in [-0.2, -0.15) is 17.9 Å². The Bertz CT molecular complexity index is 771. The maximum atomic E-state index is 12.8. The van der Waals surface area contributed by atoms with E-state index in [1.54, 1.807) is 24.3 Å². The van der Waals surface area contributed by atoms with Crippen molar-refractivity contribution in [2.75, 3.05) is 0 Å². The Hall–Kier alpha value is -2.90. The number of halogens is 3. The zero-order valence-corrected chi connectivity index (χ0v) is 11.0. The van der Waals surface area contributed by atoms with Gasteiger partial charge in [-0.1, -0.05) is 29.4 Å². The first-order valence-corrected chi connectivity index (χ1v) is 6.23. The Morgan fingerprint density at radius 3 is 2.64 bits per heavy atom. The minimum absolute atomic E-state index is 0.0227. The Balaban J connectivity index is 1.95. The summed E-state index contributed by atoms with van der Waals surface area (Å²) in [6, 6.07) is 13.3. The van der Waals surface area contributed by atoms with Gasteiger partial charge in [-0.3, -0.25) is 0 Å². The van der Waals surface area contributed by atoms with Crippen LogP contribution in [-0.2, 0) is 6.18 Å². The Labute approximate surface area is 123 Å². The standard InChI is InChI=1S/C14H9F3N4O/c15-14(16,17)10-5-4-6-11(9-10)21-13(18-19-20-21)22-12-7-2-1-3-8-12/h1-9H/i1+2,2+2,3+2,7+2,8+2,12+2. The molecule has 0 radical (unpaired) electrons. The van der Waals surface area contributed by atoms with Crippen LogP contribution in [0.25, 0.3) is 5.69 Å². The first-order valence-electron chi connectivity index (χ1n) is 6.23. The zero-order valence-electron chi connectivity index (χ0n) is 11.0. The molecule has 5 nitrogen and oxygen atoms in total. The van der Waals surface area contributed by atoms with Gasteiger partial charge in [0, 0.05) is 0 Å². The van der Waals surface area contributed by atoms with Gasteiger partial charge in [-0.15, -0.1) is 0 Å². The quantitative estimate of drug-likeness (QED) is 0.742. The van der Waals surface area contributed by atoms with Crippen LogP contribution in [0.3, 0.4) is 0 Å². The van der Waals surface area contributed by atoms with Crippen LogP contribution in [0.4, 0.5) is 13.2 Å². The van der Waals surface area contributed by atoms with E-state index >= 15 is 0 Å². The van der Waals surface area contributed by atoms with Gasteiger partial charge in [0.25, 0.3) is 0 Å². The average molecular weight is 318 g/mol. The molecule has 0 amide bonds. The molecule has 0 fully saturated rings. The van der Waals surface area contributed by atoms with Crippen LogP contribution in [0.5, 0.6) is 11.8 Å². The van der Waals surface area contributed by atoms with Gasteiger partial charge < -0.3 is 4.74 Å². The number of ether oxygens (including phenoxy) is 1. The third kappa shape index (κ3) is 2.90. The van der Waals surface area contributed by atoms with Crippen molar-refractivity contribution in [2.45, 2.75) is 6.18 Å². The van der Waals surface area contributed by atoms with Crippen LogP contribution in [0.2, 0.25) is 0 Å². The zero-order chi connectivity index (χ0) is 15.6. The van der Waals surface area contributed by atoms with Gasteiger partial charge >= 0.3 is 12.2 Å². The van der Waals surface area contributed by atoms with Crippen molar-refractivity contribution in [1.29, 1.82) is 0 Å². The molecule has 8 heteroatoms. The predicted octanol–water partition coefficient (Wildman–Crippen LogP) is 3.47. The molecule has 112 valence electrons. The fraction of sp³-hybridized carbons (Fsp3) is 0.0714. The summed E-state index contributed by atoms with van der Waals surface area (Å²) in [6.45, 7) is 0. The molecule has 0 N–H and O–H groups in total. The monoisotopic (exact) mass is 318 g/mol. The van der Waals surface area contributed by atoms with Crippen molar-refractivity contribution in [3.63, 3.8) is 0 Å². The molecule has 0 aliphatic rings. The molecule has 0 aliphatic carbocycles. The molecule has 3 rings (SSSR count). The van der Waals surface area contributed by atoms with E-state index in [0.717, 1.165) is 16.8 Å². The van der Waals surface area contributed by atoms with Gasteiger partial charge in [0.2, 0.25) is 0 Å². The lowest BCUT2D eigenvalue weighted by Crippen LogP contribution is -2.07. The van der Waals surface area contributed by atoms with Crippen molar-refractivity contribution in [2.24, 2.45) is 0 Å². The van der Waals surface area contributed by atoms with Crippen LogP contribution in [0.1, 0.15) is 5.56 Å². The molecule has 0 saturated heterocycles. The first-order chi connectivity index (χ1) is 10.5. The Morgan fingerprint density at radius 2 is 1.91 bits per heavy atom. The average Bonchev–Trinajstić information content (AvgIpc) is 2.96. The third-order valence-electron chi connectivity index (χ3n) is 2.81. The maximum absolute atomic E-state index is 12.8. The van der Waals surface area contributed by atoms with Crippen LogP contribution < -0.4 is 4.74 Å². The van der Waals surface area contributed by atoms with Crippen LogP contribution in [0, 0.1) is 0 Å². The molecular formula is C14H9F3N4O. The number of para-hydroxylation sites is 1. The van der Waals surface area contributed by atoms with Gasteiger partial charge in [-0.25, -0.2) is 0 Å². The molecular weight excluding hydrogens is 309 g/mol. The summed E-state index contributed by atoms with van der Waals surface area (Å²) in [6.07, 6.45) is -4.44. The van der Waals surface area contributed by atoms with E-state index < -0.39 is 11.7 Å². The summed E-state index contributed by atoms with van der Waals surface area (Å²) >= 11 is 0. The van der Waals surface area contributed by atoms with E-state index in [1.807, 2.05) is 6.07 Å². The second kappa shape index (κ2) is 5.47. The molecule has 0 bridgehead atoms. The molecule has 0 aliphatic heterocycles. The fourth-order valence-corrected chi connectivity index (χ4v) is 1.81. The molecule has 1 aromatic heterocycles. The molecule has 22 heavy (non-hydrogen) atoms. The summed E-state index contributed by atoms with van der Waals surface area (Å²) in [5.41, 5.74) is -0.628. The number of nitrogens with zero attached hydrogens (tertiary/aromatic N) is 4. The molecule has 0 atom stereocenters. The van der Waals surface area contributed by atoms with Crippen molar-refractivity contribution in [1.82, 2.24) is 20.2 Å². The summed E-state index contributed by atoms with van der Waals surface area (Å²) in [5.74, 6) is 0.477. The van der Waals surface area contributed by atoms with E-state index in [0.29, 0.717) is 5.75 Å². The number of hydrogen-bond acceptors (Lipinski definition) is 4. The molecule has 2 aromatic carbocycles. The second-order valence-corrected chi connectivity index (χ2v) is 4.34. The lowest BCUT2D eigenvalue weighted by atomic mass is 10.2. The lowest BCUT2D eigenvalue weighted by molar-refractivity contribution is -0.137. The van der Waals surface area contributed by atoms with E-state index in [9.17, 15) is 13.2 Å². The van der Waals surface area contributed by atoms with Gasteiger partial charge in [0.1, 0.15) is 5.75 Å². The summed E-state index contributed by atoms with van der Waals surface area (Å²) in [7, 11) is 0. The van der Waals surface area contributed by atoms with E-state index in [-0.39, 0.29) is 11.7 Å².